The molecule has 2 aromatic carbocycles. The SMILES string of the molecule is COc1ccccc1OCC(=O)N/N=C\c1cc([N+](=O)[O-])ccc1N(CC(C)C)CC(C)C. The summed E-state index contributed by atoms with van der Waals surface area (Å²) in [6, 6.07) is 11.7. The molecule has 0 saturated carbocycles. The number of ether oxygens (including phenoxy) is 2. The van der Waals surface area contributed by atoms with E-state index in [0.29, 0.717) is 28.9 Å². The van der Waals surface area contributed by atoms with Crippen LogP contribution in [0.25, 0.3) is 0 Å². The van der Waals surface area contributed by atoms with Gasteiger partial charge in [0.1, 0.15) is 0 Å². The van der Waals surface area contributed by atoms with Crippen LogP contribution in [0.15, 0.2) is 47.6 Å². The highest BCUT2D eigenvalue weighted by atomic mass is 16.6. The lowest BCUT2D eigenvalue weighted by Gasteiger charge is -2.29. The van der Waals surface area contributed by atoms with Crippen LogP contribution in [0.2, 0.25) is 0 Å². The first-order chi connectivity index (χ1) is 15.7. The van der Waals surface area contributed by atoms with Crippen LogP contribution in [-0.2, 0) is 4.79 Å². The molecule has 0 aliphatic carbocycles. The molecule has 2 rings (SSSR count). The molecule has 9 nitrogen and oxygen atoms in total. The van der Waals surface area contributed by atoms with Gasteiger partial charge in [0.25, 0.3) is 11.6 Å². The number of nitrogens with zero attached hydrogens (tertiary/aromatic N) is 3. The Morgan fingerprint density at radius 2 is 1.76 bits per heavy atom. The van der Waals surface area contributed by atoms with Crippen LogP contribution < -0.4 is 19.8 Å². The predicted octanol–water partition coefficient (Wildman–Crippen LogP) is 4.25. The number of nitro groups is 1. The van der Waals surface area contributed by atoms with Crippen molar-refractivity contribution < 1.29 is 19.2 Å². The van der Waals surface area contributed by atoms with Crippen LogP contribution >= 0.6 is 0 Å². The second-order valence-corrected chi connectivity index (χ2v) is 8.43. The van der Waals surface area contributed by atoms with Crippen LogP contribution in [0, 0.1) is 22.0 Å². The first kappa shape index (κ1) is 25.6. The van der Waals surface area contributed by atoms with Crippen molar-refractivity contribution in [3.8, 4) is 11.5 Å². The van der Waals surface area contributed by atoms with Gasteiger partial charge in [-0.3, -0.25) is 14.9 Å². The molecular weight excluding hydrogens is 424 g/mol. The zero-order valence-electron chi connectivity index (χ0n) is 19.8. The Balaban J connectivity index is 2.16. The third kappa shape index (κ3) is 8.10. The zero-order chi connectivity index (χ0) is 24.4. The number of anilines is 1. The minimum Gasteiger partial charge on any atom is -0.493 e. The lowest BCUT2D eigenvalue weighted by molar-refractivity contribution is -0.384. The number of rotatable bonds is 12. The van der Waals surface area contributed by atoms with E-state index in [2.05, 4.69) is 43.1 Å². The first-order valence-corrected chi connectivity index (χ1v) is 10.8. The molecule has 0 heterocycles. The van der Waals surface area contributed by atoms with Gasteiger partial charge in [0, 0.05) is 36.5 Å². The lowest BCUT2D eigenvalue weighted by atomic mass is 10.1. The summed E-state index contributed by atoms with van der Waals surface area (Å²) in [4.78, 5) is 25.2. The average Bonchev–Trinajstić information content (AvgIpc) is 2.76. The van der Waals surface area contributed by atoms with Crippen molar-refractivity contribution in [3.63, 3.8) is 0 Å². The number of amides is 1. The summed E-state index contributed by atoms with van der Waals surface area (Å²) in [7, 11) is 1.52. The number of hydrazone groups is 1. The number of carbonyl (C=O) groups is 1. The molecule has 0 saturated heterocycles. The molecule has 33 heavy (non-hydrogen) atoms. The molecule has 178 valence electrons. The highest BCUT2D eigenvalue weighted by molar-refractivity contribution is 5.90. The molecule has 0 fully saturated rings. The molecule has 9 heteroatoms. The summed E-state index contributed by atoms with van der Waals surface area (Å²) >= 11 is 0. The summed E-state index contributed by atoms with van der Waals surface area (Å²) < 4.78 is 10.7. The summed E-state index contributed by atoms with van der Waals surface area (Å²) in [5.74, 6) is 1.29. The van der Waals surface area contributed by atoms with E-state index in [1.165, 1.54) is 25.5 Å². The molecular formula is C24H32N4O5. The molecule has 0 atom stereocenters. The predicted molar refractivity (Wildman–Crippen MR) is 129 cm³/mol. The Labute approximate surface area is 194 Å². The van der Waals surface area contributed by atoms with Crippen LogP contribution in [0.4, 0.5) is 11.4 Å². The lowest BCUT2D eigenvalue weighted by Crippen LogP contribution is -2.32. The van der Waals surface area contributed by atoms with Gasteiger partial charge in [0.2, 0.25) is 0 Å². The maximum absolute atomic E-state index is 12.2. The molecule has 1 amide bonds. The Morgan fingerprint density at radius 3 is 2.33 bits per heavy atom. The smallest absolute Gasteiger partial charge is 0.277 e. The molecule has 2 aromatic rings. The third-order valence-corrected chi connectivity index (χ3v) is 4.55. The van der Waals surface area contributed by atoms with E-state index >= 15 is 0 Å². The van der Waals surface area contributed by atoms with Crippen molar-refractivity contribution in [1.82, 2.24) is 5.43 Å². The van der Waals surface area contributed by atoms with Crippen LogP contribution in [-0.4, -0.2) is 43.9 Å². The fourth-order valence-electron chi connectivity index (χ4n) is 3.29. The van der Waals surface area contributed by atoms with Gasteiger partial charge >= 0.3 is 0 Å². The van der Waals surface area contributed by atoms with E-state index in [-0.39, 0.29) is 12.3 Å². The van der Waals surface area contributed by atoms with Gasteiger partial charge < -0.3 is 14.4 Å². The molecule has 0 aliphatic heterocycles. The normalized spacial score (nSPS) is 11.1. The zero-order valence-corrected chi connectivity index (χ0v) is 19.8. The summed E-state index contributed by atoms with van der Waals surface area (Å²) in [5.41, 5.74) is 3.75. The van der Waals surface area contributed by atoms with Gasteiger partial charge in [-0.1, -0.05) is 39.8 Å². The quantitative estimate of drug-likeness (QED) is 0.291. The minimum absolute atomic E-state index is 0.0416. The topological polar surface area (TPSA) is 106 Å². The van der Waals surface area contributed by atoms with Gasteiger partial charge in [0.15, 0.2) is 18.1 Å². The van der Waals surface area contributed by atoms with E-state index in [1.807, 2.05) is 0 Å². The Hall–Kier alpha value is -3.62. The number of benzene rings is 2. The highest BCUT2D eigenvalue weighted by Gasteiger charge is 2.17. The molecule has 1 N–H and O–H groups in total. The average molecular weight is 457 g/mol. The van der Waals surface area contributed by atoms with Crippen molar-refractivity contribution in [1.29, 1.82) is 0 Å². The fraction of sp³-hybridized carbons (Fsp3) is 0.417. The maximum atomic E-state index is 12.2. The Kier molecular flexibility index (Phi) is 9.65. The van der Waals surface area contributed by atoms with E-state index in [1.54, 1.807) is 30.3 Å². The molecule has 0 unspecified atom stereocenters. The summed E-state index contributed by atoms with van der Waals surface area (Å²) in [6.07, 6.45) is 1.43. The van der Waals surface area contributed by atoms with Gasteiger partial charge in [-0.05, 0) is 30.0 Å². The number of nitrogens with one attached hydrogen (secondary N) is 1. The summed E-state index contributed by atoms with van der Waals surface area (Å²) in [5, 5.41) is 15.3. The van der Waals surface area contributed by atoms with E-state index < -0.39 is 10.8 Å². The molecule has 0 radical (unpaired) electrons. The van der Waals surface area contributed by atoms with Gasteiger partial charge in [-0.25, -0.2) is 5.43 Å². The van der Waals surface area contributed by atoms with E-state index in [4.69, 9.17) is 9.47 Å². The Bertz CT molecular complexity index is 965. The van der Waals surface area contributed by atoms with Gasteiger partial charge in [-0.15, -0.1) is 0 Å². The number of para-hydroxylation sites is 2. The highest BCUT2D eigenvalue weighted by Crippen LogP contribution is 2.27. The number of carbonyl (C=O) groups excluding carboxylic acids is 1. The van der Waals surface area contributed by atoms with Crippen LogP contribution in [0.1, 0.15) is 33.3 Å². The number of nitro benzene ring substituents is 1. The van der Waals surface area contributed by atoms with Crippen molar-refractivity contribution >= 4 is 23.5 Å². The van der Waals surface area contributed by atoms with Crippen molar-refractivity contribution in [2.45, 2.75) is 27.7 Å². The second kappa shape index (κ2) is 12.4. The fourth-order valence-corrected chi connectivity index (χ4v) is 3.29. The van der Waals surface area contributed by atoms with E-state index in [0.717, 1.165) is 18.8 Å². The molecule has 0 bridgehead atoms. The minimum atomic E-state index is -0.467. The van der Waals surface area contributed by atoms with Crippen LogP contribution in [0.5, 0.6) is 11.5 Å². The molecule has 0 aliphatic rings. The van der Waals surface area contributed by atoms with E-state index in [9.17, 15) is 14.9 Å². The van der Waals surface area contributed by atoms with Crippen molar-refractivity contribution in [3.05, 3.63) is 58.1 Å². The summed E-state index contributed by atoms with van der Waals surface area (Å²) in [6.45, 7) is 9.80. The standard InChI is InChI=1S/C24H32N4O5/c1-17(2)14-27(15-18(3)4)21-11-10-20(28(30)31)12-19(21)13-25-26-24(29)16-33-23-9-7-6-8-22(23)32-5/h6-13,17-18H,14-16H2,1-5H3,(H,26,29)/b25-13-. The van der Waals surface area contributed by atoms with Gasteiger partial charge in [-0.2, -0.15) is 5.10 Å². The largest absolute Gasteiger partial charge is 0.493 e. The number of non-ortho nitro benzene ring substituents is 1. The second-order valence-electron chi connectivity index (χ2n) is 8.43. The molecule has 0 aromatic heterocycles. The monoisotopic (exact) mass is 456 g/mol. The first-order valence-electron chi connectivity index (χ1n) is 10.8. The van der Waals surface area contributed by atoms with Crippen molar-refractivity contribution in [2.75, 3.05) is 31.7 Å². The molecule has 0 spiro atoms. The van der Waals surface area contributed by atoms with Gasteiger partial charge in [0.05, 0.1) is 18.2 Å². The number of hydrogen-bond acceptors (Lipinski definition) is 7. The number of hydrogen-bond donors (Lipinski definition) is 1. The van der Waals surface area contributed by atoms with Crippen molar-refractivity contribution in [2.24, 2.45) is 16.9 Å². The Morgan fingerprint density at radius 1 is 1.12 bits per heavy atom. The third-order valence-electron chi connectivity index (χ3n) is 4.55. The maximum Gasteiger partial charge on any atom is 0.277 e. The van der Waals surface area contributed by atoms with Crippen LogP contribution in [0.3, 0.4) is 0 Å². The number of methoxy groups -OCH3 is 1.